The quantitative estimate of drug-likeness (QED) is 0.711. The van der Waals surface area contributed by atoms with Crippen LogP contribution in [0.5, 0.6) is 0 Å². The summed E-state index contributed by atoms with van der Waals surface area (Å²) in [6, 6.07) is 11.9. The zero-order valence-electron chi connectivity index (χ0n) is 17.0. The zero-order chi connectivity index (χ0) is 21.3. The number of anilines is 1. The van der Waals surface area contributed by atoms with E-state index in [1.165, 1.54) is 19.2 Å². The normalized spacial score (nSPS) is 22.4. The van der Waals surface area contributed by atoms with E-state index in [9.17, 15) is 14.0 Å². The summed E-state index contributed by atoms with van der Waals surface area (Å²) in [7, 11) is 1.21. The molecular formula is C23H25FN2O4. The molecule has 1 aliphatic carbocycles. The molecule has 1 heterocycles. The van der Waals surface area contributed by atoms with E-state index >= 15 is 0 Å². The van der Waals surface area contributed by atoms with Crippen molar-refractivity contribution in [1.82, 2.24) is 5.32 Å². The predicted molar refractivity (Wildman–Crippen MR) is 110 cm³/mol. The second-order valence-corrected chi connectivity index (χ2v) is 7.96. The van der Waals surface area contributed by atoms with Crippen molar-refractivity contribution in [3.05, 3.63) is 65.0 Å². The molecule has 158 valence electrons. The molecule has 2 N–H and O–H groups in total. The third kappa shape index (κ3) is 4.10. The van der Waals surface area contributed by atoms with Crippen molar-refractivity contribution in [2.24, 2.45) is 11.8 Å². The van der Waals surface area contributed by atoms with Gasteiger partial charge in [0.05, 0.1) is 18.7 Å². The molecule has 0 saturated heterocycles. The Morgan fingerprint density at radius 1 is 1.20 bits per heavy atom. The maximum Gasteiger partial charge on any atom is 0.407 e. The van der Waals surface area contributed by atoms with E-state index in [4.69, 9.17) is 9.47 Å². The maximum absolute atomic E-state index is 14.5. The Morgan fingerprint density at radius 3 is 2.60 bits per heavy atom. The average molecular weight is 412 g/mol. The van der Waals surface area contributed by atoms with Crippen LogP contribution in [-0.4, -0.2) is 25.2 Å². The Balaban J connectivity index is 1.58. The summed E-state index contributed by atoms with van der Waals surface area (Å²) in [5, 5.41) is 6.35. The number of halogens is 1. The van der Waals surface area contributed by atoms with Gasteiger partial charge in [-0.15, -0.1) is 0 Å². The maximum atomic E-state index is 14.5. The number of nitrogens with one attached hydrogen (secondary N) is 2. The van der Waals surface area contributed by atoms with Crippen molar-refractivity contribution in [3.8, 4) is 0 Å². The molecule has 2 aromatic carbocycles. The summed E-state index contributed by atoms with van der Waals surface area (Å²) < 4.78 is 24.6. The number of hydrogen-bond acceptors (Lipinski definition) is 5. The van der Waals surface area contributed by atoms with Crippen molar-refractivity contribution in [1.29, 1.82) is 0 Å². The van der Waals surface area contributed by atoms with Gasteiger partial charge in [0, 0.05) is 17.6 Å². The van der Waals surface area contributed by atoms with Crippen LogP contribution in [0.25, 0.3) is 0 Å². The first-order valence-corrected chi connectivity index (χ1v) is 10.1. The molecule has 4 rings (SSSR count). The average Bonchev–Trinajstić information content (AvgIpc) is 3.59. The van der Waals surface area contributed by atoms with Gasteiger partial charge in [0.1, 0.15) is 12.4 Å². The van der Waals surface area contributed by atoms with Crippen molar-refractivity contribution >= 4 is 17.7 Å². The molecule has 1 aliphatic heterocycles. The smallest absolute Gasteiger partial charge is 0.407 e. The number of carbonyl (C=O) groups is 2. The molecule has 1 fully saturated rings. The molecule has 2 aromatic rings. The van der Waals surface area contributed by atoms with Gasteiger partial charge in [-0.3, -0.25) is 0 Å². The number of methoxy groups -OCH3 is 1. The number of rotatable bonds is 5. The van der Waals surface area contributed by atoms with Crippen LogP contribution in [0.3, 0.4) is 0 Å². The number of alkyl carbamates (subject to hydrolysis) is 1. The third-order valence-electron chi connectivity index (χ3n) is 5.91. The molecule has 0 bridgehead atoms. The number of benzene rings is 2. The number of hydrogen-bond donors (Lipinski definition) is 2. The van der Waals surface area contributed by atoms with Crippen LogP contribution in [0.2, 0.25) is 0 Å². The Morgan fingerprint density at radius 2 is 1.93 bits per heavy atom. The summed E-state index contributed by atoms with van der Waals surface area (Å²) in [5.74, 6) is -0.883. The lowest BCUT2D eigenvalue weighted by molar-refractivity contribution is 0.0595. The van der Waals surface area contributed by atoms with E-state index in [-0.39, 0.29) is 24.1 Å². The van der Waals surface area contributed by atoms with Crippen LogP contribution in [0.15, 0.2) is 42.5 Å². The van der Waals surface area contributed by atoms with Crippen molar-refractivity contribution < 1.29 is 23.5 Å². The van der Waals surface area contributed by atoms with E-state index in [2.05, 4.69) is 10.6 Å². The number of carbonyl (C=O) groups excluding carboxylic acids is 2. The third-order valence-corrected chi connectivity index (χ3v) is 5.91. The molecule has 0 spiro atoms. The molecule has 6 nitrogen and oxygen atoms in total. The van der Waals surface area contributed by atoms with Crippen molar-refractivity contribution in [2.75, 3.05) is 12.4 Å². The largest absolute Gasteiger partial charge is 0.465 e. The van der Waals surface area contributed by atoms with E-state index in [0.717, 1.165) is 18.4 Å². The van der Waals surface area contributed by atoms with Crippen molar-refractivity contribution in [2.45, 2.75) is 38.5 Å². The van der Waals surface area contributed by atoms with E-state index in [0.29, 0.717) is 17.2 Å². The minimum absolute atomic E-state index is 0.0326. The van der Waals surface area contributed by atoms with Crippen molar-refractivity contribution in [3.63, 3.8) is 0 Å². The summed E-state index contributed by atoms with van der Waals surface area (Å²) >= 11 is 0. The molecule has 3 atom stereocenters. The summed E-state index contributed by atoms with van der Waals surface area (Å²) in [6.45, 7) is 2.20. The number of amides is 1. The first-order chi connectivity index (χ1) is 14.5. The van der Waals surface area contributed by atoms with Crippen LogP contribution >= 0.6 is 0 Å². The Hall–Kier alpha value is -3.09. The fourth-order valence-corrected chi connectivity index (χ4v) is 4.14. The van der Waals surface area contributed by atoms with Gasteiger partial charge in [0.25, 0.3) is 0 Å². The zero-order valence-corrected chi connectivity index (χ0v) is 17.0. The monoisotopic (exact) mass is 412 g/mol. The first-order valence-electron chi connectivity index (χ1n) is 10.1. The first kappa shape index (κ1) is 20.2. The Kier molecular flexibility index (Phi) is 5.61. The fraction of sp³-hybridized carbons (Fsp3) is 0.391. The highest BCUT2D eigenvalue weighted by atomic mass is 19.1. The van der Waals surface area contributed by atoms with Gasteiger partial charge in [-0.05, 0) is 42.0 Å². The van der Waals surface area contributed by atoms with Crippen LogP contribution in [0.4, 0.5) is 14.9 Å². The predicted octanol–water partition coefficient (Wildman–Crippen LogP) is 4.42. The molecule has 1 saturated carbocycles. The van der Waals surface area contributed by atoms with Crippen LogP contribution in [-0.2, 0) is 16.1 Å². The standard InChI is InChI=1S/C23H25FN2O4/c1-13-20(15-8-9-15)25-19-11-18(24)16(22(27)29-2)10-17(19)21(13)26-23(28)30-12-14-6-4-3-5-7-14/h3-7,10-11,13,15,20-21,25H,8-9,12H2,1-2H3,(H,26,28). The van der Waals surface area contributed by atoms with Gasteiger partial charge in [-0.2, -0.15) is 0 Å². The van der Waals surface area contributed by atoms with Crippen LogP contribution in [0, 0.1) is 17.7 Å². The topological polar surface area (TPSA) is 76.7 Å². The SMILES string of the molecule is COC(=O)c1cc2c(cc1F)NC(C1CC1)C(C)C2NC(=O)OCc1ccccc1. The summed E-state index contributed by atoms with van der Waals surface area (Å²) in [6.07, 6.45) is 1.65. The second kappa shape index (κ2) is 8.34. The van der Waals surface area contributed by atoms with E-state index in [1.807, 2.05) is 37.3 Å². The Labute approximate surface area is 174 Å². The van der Waals surface area contributed by atoms with Crippen LogP contribution in [0.1, 0.15) is 47.3 Å². The van der Waals surface area contributed by atoms with Gasteiger partial charge in [0.2, 0.25) is 0 Å². The molecule has 7 heteroatoms. The van der Waals surface area contributed by atoms with E-state index < -0.39 is 23.9 Å². The molecule has 0 radical (unpaired) electrons. The number of esters is 1. The number of fused-ring (bicyclic) bond motifs is 1. The minimum Gasteiger partial charge on any atom is -0.465 e. The molecule has 30 heavy (non-hydrogen) atoms. The number of ether oxygens (including phenoxy) is 2. The molecule has 2 aliphatic rings. The lowest BCUT2D eigenvalue weighted by Gasteiger charge is -2.39. The lowest BCUT2D eigenvalue weighted by Crippen LogP contribution is -2.45. The van der Waals surface area contributed by atoms with Gasteiger partial charge in [-0.1, -0.05) is 37.3 Å². The lowest BCUT2D eigenvalue weighted by atomic mass is 9.81. The highest BCUT2D eigenvalue weighted by Crippen LogP contribution is 2.46. The summed E-state index contributed by atoms with van der Waals surface area (Å²) in [4.78, 5) is 24.5. The highest BCUT2D eigenvalue weighted by Gasteiger charge is 2.43. The molecule has 1 amide bonds. The van der Waals surface area contributed by atoms with Gasteiger partial charge < -0.3 is 20.1 Å². The van der Waals surface area contributed by atoms with E-state index in [1.54, 1.807) is 0 Å². The van der Waals surface area contributed by atoms with Gasteiger partial charge >= 0.3 is 12.1 Å². The fourth-order valence-electron chi connectivity index (χ4n) is 4.14. The summed E-state index contributed by atoms with van der Waals surface area (Å²) in [5.41, 5.74) is 1.97. The van der Waals surface area contributed by atoms with Gasteiger partial charge in [0.15, 0.2) is 0 Å². The van der Waals surface area contributed by atoms with Crippen LogP contribution < -0.4 is 10.6 Å². The molecule has 3 unspecified atom stereocenters. The highest BCUT2D eigenvalue weighted by molar-refractivity contribution is 5.91. The van der Waals surface area contributed by atoms with Gasteiger partial charge in [-0.25, -0.2) is 14.0 Å². The second-order valence-electron chi connectivity index (χ2n) is 7.96. The minimum atomic E-state index is -0.752. The molecule has 0 aromatic heterocycles. The molecular weight excluding hydrogens is 387 g/mol. The Bertz CT molecular complexity index is 946.